The first-order valence-corrected chi connectivity index (χ1v) is 8.95. The maximum atomic E-state index is 12.5. The maximum absolute atomic E-state index is 12.5. The fourth-order valence-electron chi connectivity index (χ4n) is 2.59. The molecular weight excluding hydrogens is 384 g/mol. The maximum Gasteiger partial charge on any atom is 0.186 e. The molecule has 154 valence electrons. The number of methoxy groups -OCH3 is 1. The molecule has 4 N–H and O–H groups in total. The number of carbonyl (C=O) groups excluding carboxylic acids is 1. The molecule has 0 heterocycles. The third-order valence-corrected chi connectivity index (χ3v) is 4.22. The first-order valence-electron chi connectivity index (χ1n) is 8.95. The summed E-state index contributed by atoms with van der Waals surface area (Å²) >= 11 is 0. The number of terminal acetylenes is 1. The Kier molecular flexibility index (Phi) is 7.86. The number of aliphatic hydroxyl groups is 2. The van der Waals surface area contributed by atoms with E-state index in [2.05, 4.69) is 5.92 Å². The van der Waals surface area contributed by atoms with Crippen molar-refractivity contribution in [3.8, 4) is 29.6 Å². The Hall–Kier alpha value is -3.95. The van der Waals surface area contributed by atoms with Gasteiger partial charge in [0.15, 0.2) is 17.3 Å². The highest BCUT2D eigenvalue weighted by molar-refractivity contribution is 6.07. The molecule has 0 saturated carbocycles. The van der Waals surface area contributed by atoms with E-state index in [1.165, 1.54) is 43.5 Å². The van der Waals surface area contributed by atoms with Crippen LogP contribution in [0.15, 0.2) is 59.9 Å². The number of hydrogen-bond donors (Lipinski definition) is 4. The molecule has 2 rings (SSSR count). The minimum Gasteiger partial charge on any atom is -0.508 e. The van der Waals surface area contributed by atoms with Crippen LogP contribution in [0, 0.1) is 12.3 Å². The first-order chi connectivity index (χ1) is 14.4. The van der Waals surface area contributed by atoms with E-state index in [9.17, 15) is 25.2 Å². The highest BCUT2D eigenvalue weighted by Crippen LogP contribution is 2.27. The molecule has 0 aliphatic heterocycles. The van der Waals surface area contributed by atoms with Crippen LogP contribution in [-0.2, 0) is 11.4 Å². The van der Waals surface area contributed by atoms with E-state index < -0.39 is 5.78 Å². The Bertz CT molecular complexity index is 1050. The van der Waals surface area contributed by atoms with E-state index in [0.717, 1.165) is 0 Å². The lowest BCUT2D eigenvalue weighted by atomic mass is 10.0. The van der Waals surface area contributed by atoms with Crippen LogP contribution in [0.2, 0.25) is 0 Å². The molecule has 6 heteroatoms. The molecule has 0 aromatic heterocycles. The summed E-state index contributed by atoms with van der Waals surface area (Å²) in [6.45, 7) is -0.330. The number of hydrogen-bond acceptors (Lipinski definition) is 6. The predicted octanol–water partition coefficient (Wildman–Crippen LogP) is 3.73. The topological polar surface area (TPSA) is 107 Å². The van der Waals surface area contributed by atoms with Crippen molar-refractivity contribution in [2.45, 2.75) is 13.0 Å². The van der Waals surface area contributed by atoms with Crippen molar-refractivity contribution < 1.29 is 30.0 Å². The minimum atomic E-state index is -0.469. The zero-order chi connectivity index (χ0) is 22.1. The van der Waals surface area contributed by atoms with Gasteiger partial charge >= 0.3 is 0 Å². The molecule has 6 nitrogen and oxygen atoms in total. The van der Waals surface area contributed by atoms with Gasteiger partial charge in [0.1, 0.15) is 11.5 Å². The number of ketones is 1. The standard InChI is InChI=1S/C24H22O6/c1-3-4-19(21(27)10-6-16-5-9-20(26)18(13-16)15-25)22(28)11-7-17-8-12-23(29)24(14-17)30-2/h1,5-14,25-27,29H,4,15H2,2H3/b10-6+,11-7+,21-19?. The number of allylic oxidation sites excluding steroid dienone is 3. The van der Waals surface area contributed by atoms with E-state index in [4.69, 9.17) is 11.2 Å². The van der Waals surface area contributed by atoms with Crippen molar-refractivity contribution in [1.29, 1.82) is 0 Å². The summed E-state index contributed by atoms with van der Waals surface area (Å²) in [5.41, 5.74) is 1.61. The molecule has 30 heavy (non-hydrogen) atoms. The lowest BCUT2D eigenvalue weighted by molar-refractivity contribution is -0.111. The summed E-state index contributed by atoms with van der Waals surface area (Å²) < 4.78 is 5.03. The molecule has 0 amide bonds. The van der Waals surface area contributed by atoms with Gasteiger partial charge in [-0.3, -0.25) is 4.79 Å². The van der Waals surface area contributed by atoms with Crippen LogP contribution in [0.3, 0.4) is 0 Å². The Balaban J connectivity index is 2.26. The minimum absolute atomic E-state index is 0.0183. The van der Waals surface area contributed by atoms with Gasteiger partial charge in [-0.15, -0.1) is 12.3 Å². The molecule has 0 aliphatic rings. The van der Waals surface area contributed by atoms with E-state index >= 15 is 0 Å². The van der Waals surface area contributed by atoms with Crippen LogP contribution < -0.4 is 4.74 Å². The summed E-state index contributed by atoms with van der Waals surface area (Å²) in [6.07, 6.45) is 10.9. The molecule has 0 bridgehead atoms. The highest BCUT2D eigenvalue weighted by atomic mass is 16.5. The van der Waals surface area contributed by atoms with Gasteiger partial charge in [0, 0.05) is 12.0 Å². The van der Waals surface area contributed by atoms with Gasteiger partial charge in [-0.2, -0.15) is 0 Å². The van der Waals surface area contributed by atoms with Gasteiger partial charge in [-0.1, -0.05) is 24.3 Å². The Morgan fingerprint density at radius 2 is 1.70 bits per heavy atom. The van der Waals surface area contributed by atoms with Gasteiger partial charge in [0.2, 0.25) is 0 Å². The monoisotopic (exact) mass is 406 g/mol. The number of phenolic OH excluding ortho intramolecular Hbond substituents is 1. The number of aliphatic hydroxyl groups excluding tert-OH is 2. The molecule has 0 fully saturated rings. The Morgan fingerprint density at radius 1 is 1.07 bits per heavy atom. The zero-order valence-corrected chi connectivity index (χ0v) is 16.4. The summed E-state index contributed by atoms with van der Waals surface area (Å²) in [5, 5.41) is 38.8. The normalized spacial score (nSPS) is 12.0. The lowest BCUT2D eigenvalue weighted by Crippen LogP contribution is -2.02. The molecule has 0 radical (unpaired) electrons. The quantitative estimate of drug-likeness (QED) is 0.230. The van der Waals surface area contributed by atoms with Crippen LogP contribution in [0.5, 0.6) is 17.2 Å². The first kappa shape index (κ1) is 22.3. The van der Waals surface area contributed by atoms with Crippen LogP contribution >= 0.6 is 0 Å². The van der Waals surface area contributed by atoms with Crippen LogP contribution in [0.1, 0.15) is 23.1 Å². The second kappa shape index (κ2) is 10.6. The SMILES string of the molecule is C#CCC(C(=O)/C=C/c1ccc(O)c(OC)c1)=C(O)/C=C/c1ccc(O)c(CO)c1. The van der Waals surface area contributed by atoms with Crippen molar-refractivity contribution in [3.05, 3.63) is 76.6 Å². The summed E-state index contributed by atoms with van der Waals surface area (Å²) in [6, 6.07) is 9.19. The number of phenols is 2. The Labute approximate surface area is 174 Å². The number of rotatable bonds is 8. The largest absolute Gasteiger partial charge is 0.508 e. The van der Waals surface area contributed by atoms with E-state index in [-0.39, 0.29) is 41.6 Å². The third-order valence-electron chi connectivity index (χ3n) is 4.22. The predicted molar refractivity (Wildman–Crippen MR) is 115 cm³/mol. The Morgan fingerprint density at radius 3 is 2.33 bits per heavy atom. The third kappa shape index (κ3) is 5.77. The molecule has 2 aromatic rings. The van der Waals surface area contributed by atoms with Crippen molar-refractivity contribution in [2.75, 3.05) is 7.11 Å². The fourth-order valence-corrected chi connectivity index (χ4v) is 2.59. The zero-order valence-electron chi connectivity index (χ0n) is 16.4. The van der Waals surface area contributed by atoms with Crippen molar-refractivity contribution in [3.63, 3.8) is 0 Å². The van der Waals surface area contributed by atoms with Gasteiger partial charge in [0.25, 0.3) is 0 Å². The van der Waals surface area contributed by atoms with Gasteiger partial charge in [-0.25, -0.2) is 0 Å². The van der Waals surface area contributed by atoms with Crippen LogP contribution in [0.25, 0.3) is 12.2 Å². The summed E-state index contributed by atoms with van der Waals surface area (Å²) in [7, 11) is 1.42. The molecule has 0 atom stereocenters. The van der Waals surface area contributed by atoms with E-state index in [1.807, 2.05) is 0 Å². The van der Waals surface area contributed by atoms with Gasteiger partial charge in [-0.05, 0) is 47.5 Å². The second-order valence-electron chi connectivity index (χ2n) is 6.25. The van der Waals surface area contributed by atoms with Crippen molar-refractivity contribution in [2.24, 2.45) is 0 Å². The van der Waals surface area contributed by atoms with Crippen molar-refractivity contribution >= 4 is 17.9 Å². The average molecular weight is 406 g/mol. The summed E-state index contributed by atoms with van der Waals surface area (Å²) in [5.74, 6) is 1.81. The molecule has 0 saturated heterocycles. The number of aromatic hydroxyl groups is 2. The lowest BCUT2D eigenvalue weighted by Gasteiger charge is -2.05. The fraction of sp³-hybridized carbons (Fsp3) is 0.125. The van der Waals surface area contributed by atoms with E-state index in [0.29, 0.717) is 16.7 Å². The van der Waals surface area contributed by atoms with Gasteiger partial charge in [0.05, 0.1) is 19.3 Å². The van der Waals surface area contributed by atoms with Crippen LogP contribution in [0.4, 0.5) is 0 Å². The number of carbonyl (C=O) groups is 1. The van der Waals surface area contributed by atoms with E-state index in [1.54, 1.807) is 24.3 Å². The van der Waals surface area contributed by atoms with Gasteiger partial charge < -0.3 is 25.2 Å². The molecule has 0 unspecified atom stereocenters. The molecule has 0 aliphatic carbocycles. The van der Waals surface area contributed by atoms with Crippen molar-refractivity contribution in [1.82, 2.24) is 0 Å². The second-order valence-corrected chi connectivity index (χ2v) is 6.25. The average Bonchev–Trinajstić information content (AvgIpc) is 2.75. The summed E-state index contributed by atoms with van der Waals surface area (Å²) in [4.78, 5) is 12.5. The molecular formula is C24H22O6. The highest BCUT2D eigenvalue weighted by Gasteiger charge is 2.11. The number of benzene rings is 2. The number of ether oxygens (including phenoxy) is 1. The molecule has 2 aromatic carbocycles. The molecule has 0 spiro atoms. The van der Waals surface area contributed by atoms with Crippen LogP contribution in [-0.4, -0.2) is 33.3 Å². The smallest absolute Gasteiger partial charge is 0.186 e.